The van der Waals surface area contributed by atoms with Crippen molar-refractivity contribution in [1.82, 2.24) is 19.4 Å². The van der Waals surface area contributed by atoms with Gasteiger partial charge in [-0.2, -0.15) is 0 Å². The molecule has 0 atom stereocenters. The fourth-order valence-corrected chi connectivity index (χ4v) is 4.97. The molecule has 1 saturated carbocycles. The summed E-state index contributed by atoms with van der Waals surface area (Å²) in [4.78, 5) is 34.8. The quantitative estimate of drug-likeness (QED) is 0.544. The van der Waals surface area contributed by atoms with E-state index in [0.29, 0.717) is 36.3 Å². The Balaban J connectivity index is 1.24. The number of likely N-dealkylation sites (tertiary alicyclic amines) is 1. The van der Waals surface area contributed by atoms with E-state index in [9.17, 15) is 9.59 Å². The van der Waals surface area contributed by atoms with Gasteiger partial charge in [-0.1, -0.05) is 0 Å². The molecular weight excluding hydrogens is 392 g/mol. The first-order valence-electron chi connectivity index (χ1n) is 11.0. The van der Waals surface area contributed by atoms with Crippen molar-refractivity contribution < 1.29 is 9.21 Å². The first-order chi connectivity index (χ1) is 15.1. The van der Waals surface area contributed by atoms with Crippen LogP contribution in [0, 0.1) is 6.92 Å². The molecule has 3 aromatic heterocycles. The number of furan rings is 1. The lowest BCUT2D eigenvalue weighted by atomic mass is 9.89. The second kappa shape index (κ2) is 6.83. The first-order valence-corrected chi connectivity index (χ1v) is 11.0. The second-order valence-electron chi connectivity index (χ2n) is 8.80. The lowest BCUT2D eigenvalue weighted by molar-refractivity contribution is 0.0713. The van der Waals surface area contributed by atoms with Crippen molar-refractivity contribution in [2.24, 2.45) is 0 Å². The third-order valence-electron chi connectivity index (χ3n) is 6.66. The SMILES string of the molecule is Cc1cc2cc(C(=O)N3CCC(c4ccnc5[nH]c(=O)n(C6CC6)c45)CC3)ccc2o1. The number of aromatic nitrogens is 3. The number of aromatic amines is 1. The van der Waals surface area contributed by atoms with Crippen molar-refractivity contribution in [2.45, 2.75) is 44.6 Å². The number of benzene rings is 1. The van der Waals surface area contributed by atoms with Crippen LogP contribution in [0.4, 0.5) is 0 Å². The Bertz CT molecular complexity index is 1370. The Morgan fingerprint density at radius 1 is 1.13 bits per heavy atom. The molecule has 158 valence electrons. The van der Waals surface area contributed by atoms with Crippen molar-refractivity contribution in [3.8, 4) is 0 Å². The summed E-state index contributed by atoms with van der Waals surface area (Å²) in [6.45, 7) is 3.32. The van der Waals surface area contributed by atoms with E-state index in [1.807, 2.05) is 46.7 Å². The lowest BCUT2D eigenvalue weighted by Crippen LogP contribution is -2.38. The molecule has 2 aliphatic rings. The molecule has 1 N–H and O–H groups in total. The molecular formula is C24H24N4O3. The topological polar surface area (TPSA) is 84.1 Å². The summed E-state index contributed by atoms with van der Waals surface area (Å²) in [5, 5.41) is 0.961. The molecule has 1 aliphatic carbocycles. The number of hydrogen-bond donors (Lipinski definition) is 1. The molecule has 4 heterocycles. The maximum atomic E-state index is 13.1. The average molecular weight is 416 g/mol. The molecule has 0 unspecified atom stereocenters. The maximum absolute atomic E-state index is 13.1. The number of rotatable bonds is 3. The van der Waals surface area contributed by atoms with Gasteiger partial charge >= 0.3 is 5.69 Å². The van der Waals surface area contributed by atoms with Gasteiger partial charge in [0.15, 0.2) is 5.65 Å². The minimum atomic E-state index is -0.0602. The predicted molar refractivity (Wildman–Crippen MR) is 117 cm³/mol. The number of aryl methyl sites for hydroxylation is 1. The minimum absolute atomic E-state index is 0.0602. The van der Waals surface area contributed by atoms with E-state index >= 15 is 0 Å². The molecule has 4 aromatic rings. The lowest BCUT2D eigenvalue weighted by Gasteiger charge is -2.32. The Kier molecular flexibility index (Phi) is 4.06. The zero-order chi connectivity index (χ0) is 21.1. The van der Waals surface area contributed by atoms with Gasteiger partial charge in [-0.3, -0.25) is 14.3 Å². The highest BCUT2D eigenvalue weighted by molar-refractivity contribution is 5.98. The number of nitrogens with one attached hydrogen (secondary N) is 1. The molecule has 1 amide bonds. The summed E-state index contributed by atoms with van der Waals surface area (Å²) in [5.74, 6) is 1.22. The fourth-order valence-electron chi connectivity index (χ4n) is 4.97. The van der Waals surface area contributed by atoms with Crippen LogP contribution in [0.25, 0.3) is 22.1 Å². The molecule has 0 radical (unpaired) electrons. The molecule has 7 nitrogen and oxygen atoms in total. The molecule has 0 spiro atoms. The van der Waals surface area contributed by atoms with Gasteiger partial charge in [0.05, 0.1) is 5.52 Å². The maximum Gasteiger partial charge on any atom is 0.327 e. The van der Waals surface area contributed by atoms with E-state index < -0.39 is 0 Å². The van der Waals surface area contributed by atoms with Gasteiger partial charge in [0, 0.05) is 36.3 Å². The van der Waals surface area contributed by atoms with Gasteiger partial charge < -0.3 is 9.32 Å². The summed E-state index contributed by atoms with van der Waals surface area (Å²) in [7, 11) is 0. The van der Waals surface area contributed by atoms with E-state index in [-0.39, 0.29) is 11.6 Å². The number of nitrogens with zero attached hydrogens (tertiary/aromatic N) is 3. The smallest absolute Gasteiger partial charge is 0.327 e. The molecule has 1 aromatic carbocycles. The van der Waals surface area contributed by atoms with E-state index in [0.717, 1.165) is 47.9 Å². The number of carbonyl (C=O) groups is 1. The monoisotopic (exact) mass is 416 g/mol. The van der Waals surface area contributed by atoms with Crippen LogP contribution in [0.15, 0.2) is 45.7 Å². The average Bonchev–Trinajstić information content (AvgIpc) is 3.45. The number of carbonyl (C=O) groups excluding carboxylic acids is 1. The molecule has 7 heteroatoms. The summed E-state index contributed by atoms with van der Waals surface area (Å²) >= 11 is 0. The summed E-state index contributed by atoms with van der Waals surface area (Å²) < 4.78 is 7.52. The van der Waals surface area contributed by atoms with Crippen molar-refractivity contribution in [1.29, 1.82) is 0 Å². The van der Waals surface area contributed by atoms with Gasteiger partial charge in [-0.15, -0.1) is 0 Å². The number of hydrogen-bond acceptors (Lipinski definition) is 4. The zero-order valence-electron chi connectivity index (χ0n) is 17.4. The van der Waals surface area contributed by atoms with Crippen molar-refractivity contribution in [3.05, 3.63) is 63.9 Å². The van der Waals surface area contributed by atoms with E-state index in [2.05, 4.69) is 9.97 Å². The van der Waals surface area contributed by atoms with Crippen LogP contribution < -0.4 is 5.69 Å². The van der Waals surface area contributed by atoms with E-state index in [1.54, 1.807) is 6.20 Å². The Morgan fingerprint density at radius 3 is 2.71 bits per heavy atom. The number of amides is 1. The van der Waals surface area contributed by atoms with Crippen LogP contribution in [0.3, 0.4) is 0 Å². The number of fused-ring (bicyclic) bond motifs is 2. The van der Waals surface area contributed by atoms with Crippen LogP contribution in [0.2, 0.25) is 0 Å². The van der Waals surface area contributed by atoms with E-state index in [1.165, 1.54) is 5.56 Å². The normalized spacial score (nSPS) is 17.6. The largest absolute Gasteiger partial charge is 0.461 e. The first kappa shape index (κ1) is 18.4. The van der Waals surface area contributed by atoms with Gasteiger partial charge in [-0.05, 0) is 74.4 Å². The zero-order valence-corrected chi connectivity index (χ0v) is 17.4. The Labute approximate surface area is 178 Å². The van der Waals surface area contributed by atoms with Crippen molar-refractivity contribution in [2.75, 3.05) is 13.1 Å². The van der Waals surface area contributed by atoms with Gasteiger partial charge in [0.1, 0.15) is 11.3 Å². The molecule has 1 saturated heterocycles. The molecule has 31 heavy (non-hydrogen) atoms. The highest BCUT2D eigenvalue weighted by Crippen LogP contribution is 2.39. The van der Waals surface area contributed by atoms with E-state index in [4.69, 9.17) is 4.42 Å². The highest BCUT2D eigenvalue weighted by Gasteiger charge is 2.31. The van der Waals surface area contributed by atoms with Crippen LogP contribution in [0.1, 0.15) is 59.3 Å². The third-order valence-corrected chi connectivity index (χ3v) is 6.66. The molecule has 6 rings (SSSR count). The molecule has 0 bridgehead atoms. The Hall–Kier alpha value is -3.35. The van der Waals surface area contributed by atoms with Crippen LogP contribution in [0.5, 0.6) is 0 Å². The number of piperidine rings is 1. The third kappa shape index (κ3) is 3.07. The van der Waals surface area contributed by atoms with Crippen LogP contribution >= 0.6 is 0 Å². The van der Waals surface area contributed by atoms with Gasteiger partial charge in [0.2, 0.25) is 0 Å². The number of pyridine rings is 1. The highest BCUT2D eigenvalue weighted by atomic mass is 16.3. The number of H-pyrrole nitrogens is 1. The minimum Gasteiger partial charge on any atom is -0.461 e. The summed E-state index contributed by atoms with van der Waals surface area (Å²) in [5.41, 5.74) is 4.26. The standard InChI is InChI=1S/C24H24N4O3/c1-14-12-17-13-16(2-5-20(17)31-14)23(29)27-10-7-15(8-11-27)19-6-9-25-22-21(19)28(18-3-4-18)24(30)26-22/h2,5-6,9,12-13,15,18H,3-4,7-8,10-11H2,1H3,(H,25,26,30). The summed E-state index contributed by atoms with van der Waals surface area (Å²) in [6, 6.07) is 9.95. The Morgan fingerprint density at radius 2 is 1.94 bits per heavy atom. The number of imidazole rings is 1. The van der Waals surface area contributed by atoms with Crippen LogP contribution in [-0.4, -0.2) is 38.4 Å². The fraction of sp³-hybridized carbons (Fsp3) is 0.375. The van der Waals surface area contributed by atoms with Gasteiger partial charge in [-0.25, -0.2) is 9.78 Å². The molecule has 2 fully saturated rings. The van der Waals surface area contributed by atoms with Crippen molar-refractivity contribution in [3.63, 3.8) is 0 Å². The van der Waals surface area contributed by atoms with Gasteiger partial charge in [0.25, 0.3) is 5.91 Å². The summed E-state index contributed by atoms with van der Waals surface area (Å²) in [6.07, 6.45) is 5.64. The van der Waals surface area contributed by atoms with Crippen molar-refractivity contribution >= 4 is 28.0 Å². The predicted octanol–water partition coefficient (Wildman–Crippen LogP) is 4.13. The second-order valence-corrected chi connectivity index (χ2v) is 8.80. The molecule has 1 aliphatic heterocycles. The van der Waals surface area contributed by atoms with Crippen LogP contribution in [-0.2, 0) is 0 Å².